The van der Waals surface area contributed by atoms with E-state index in [1.54, 1.807) is 12.4 Å². The highest BCUT2D eigenvalue weighted by molar-refractivity contribution is 5.38. The molecule has 1 aliphatic rings. The van der Waals surface area contributed by atoms with Crippen LogP contribution < -0.4 is 9.64 Å². The number of hydrogen-bond donors (Lipinski definition) is 0. The van der Waals surface area contributed by atoms with Crippen molar-refractivity contribution >= 4 is 5.82 Å². The van der Waals surface area contributed by atoms with Crippen molar-refractivity contribution in [1.82, 2.24) is 25.0 Å². The third-order valence-corrected chi connectivity index (χ3v) is 3.79. The molecule has 1 saturated heterocycles. The Kier molecular flexibility index (Phi) is 5.24. The molecular weight excluding hydrogens is 308 g/mol. The maximum Gasteiger partial charge on any atom is 0.240 e. The van der Waals surface area contributed by atoms with Crippen molar-refractivity contribution in [2.24, 2.45) is 5.92 Å². The zero-order chi connectivity index (χ0) is 16.9. The van der Waals surface area contributed by atoms with E-state index in [-0.39, 0.29) is 0 Å². The van der Waals surface area contributed by atoms with Crippen molar-refractivity contribution < 1.29 is 9.26 Å². The summed E-state index contributed by atoms with van der Waals surface area (Å²) < 4.78 is 10.8. The monoisotopic (exact) mass is 332 g/mol. The molecule has 1 aliphatic heterocycles. The topological polar surface area (TPSA) is 80.4 Å². The first kappa shape index (κ1) is 16.6. The van der Waals surface area contributed by atoms with Crippen molar-refractivity contribution in [3.8, 4) is 5.88 Å². The van der Waals surface area contributed by atoms with Gasteiger partial charge in [0.1, 0.15) is 0 Å². The van der Waals surface area contributed by atoms with E-state index in [2.05, 4.69) is 43.8 Å². The van der Waals surface area contributed by atoms with E-state index in [0.29, 0.717) is 36.7 Å². The Balaban J connectivity index is 1.53. The molecular formula is C16H24N6O2. The summed E-state index contributed by atoms with van der Waals surface area (Å²) in [4.78, 5) is 17.6. The zero-order valence-corrected chi connectivity index (χ0v) is 14.5. The summed E-state index contributed by atoms with van der Waals surface area (Å²) in [7, 11) is 0. The van der Waals surface area contributed by atoms with Gasteiger partial charge in [0.2, 0.25) is 11.8 Å². The number of ether oxygens (including phenoxy) is 1. The molecule has 0 atom stereocenters. The lowest BCUT2D eigenvalue weighted by Crippen LogP contribution is -2.46. The fraction of sp³-hybridized carbons (Fsp3) is 0.625. The van der Waals surface area contributed by atoms with Crippen LogP contribution in [0.15, 0.2) is 16.9 Å². The molecule has 24 heavy (non-hydrogen) atoms. The molecule has 0 spiro atoms. The third-order valence-electron chi connectivity index (χ3n) is 3.79. The summed E-state index contributed by atoms with van der Waals surface area (Å²) in [5.74, 6) is 3.27. The maximum atomic E-state index is 5.66. The average Bonchev–Trinajstić information content (AvgIpc) is 2.99. The Morgan fingerprint density at radius 3 is 2.62 bits per heavy atom. The molecule has 3 heterocycles. The lowest BCUT2D eigenvalue weighted by atomic mass is 10.2. The minimum Gasteiger partial charge on any atom is -0.476 e. The number of anilines is 1. The van der Waals surface area contributed by atoms with Crippen LogP contribution in [0.1, 0.15) is 25.6 Å². The van der Waals surface area contributed by atoms with Gasteiger partial charge in [-0.3, -0.25) is 9.88 Å². The first-order valence-electron chi connectivity index (χ1n) is 8.31. The van der Waals surface area contributed by atoms with Gasteiger partial charge in [0.15, 0.2) is 11.6 Å². The van der Waals surface area contributed by atoms with E-state index in [1.165, 1.54) is 0 Å². The van der Waals surface area contributed by atoms with Crippen molar-refractivity contribution in [3.05, 3.63) is 24.1 Å². The number of piperazine rings is 1. The molecule has 2 aromatic heterocycles. The van der Waals surface area contributed by atoms with E-state index in [4.69, 9.17) is 9.26 Å². The van der Waals surface area contributed by atoms with Crippen molar-refractivity contribution in [3.63, 3.8) is 0 Å². The molecule has 0 amide bonds. The number of hydrogen-bond acceptors (Lipinski definition) is 8. The Morgan fingerprint density at radius 1 is 1.17 bits per heavy atom. The highest BCUT2D eigenvalue weighted by atomic mass is 16.5. The standard InChI is InChI=1S/C16H24N6O2/c1-12(2)11-23-15-9-17-8-14(19-15)22-6-4-21(5-7-22)10-16-18-13(3)20-24-16/h8-9,12H,4-7,10-11H2,1-3H3. The maximum absolute atomic E-state index is 5.66. The van der Waals surface area contributed by atoms with Crippen molar-refractivity contribution in [2.45, 2.75) is 27.3 Å². The summed E-state index contributed by atoms with van der Waals surface area (Å²) in [6.45, 7) is 11.0. The summed E-state index contributed by atoms with van der Waals surface area (Å²) >= 11 is 0. The summed E-state index contributed by atoms with van der Waals surface area (Å²) in [6.07, 6.45) is 3.46. The summed E-state index contributed by atoms with van der Waals surface area (Å²) in [5, 5.41) is 3.83. The van der Waals surface area contributed by atoms with Gasteiger partial charge in [0.05, 0.1) is 25.5 Å². The fourth-order valence-corrected chi connectivity index (χ4v) is 2.54. The van der Waals surface area contributed by atoms with Gasteiger partial charge < -0.3 is 14.2 Å². The molecule has 2 aromatic rings. The number of aromatic nitrogens is 4. The molecule has 0 radical (unpaired) electrons. The predicted molar refractivity (Wildman–Crippen MR) is 88.9 cm³/mol. The molecule has 130 valence electrons. The number of rotatable bonds is 6. The van der Waals surface area contributed by atoms with Crippen LogP contribution in [-0.2, 0) is 6.54 Å². The second kappa shape index (κ2) is 7.57. The van der Waals surface area contributed by atoms with E-state index in [1.807, 2.05) is 6.92 Å². The Labute approximate surface area is 141 Å². The molecule has 0 N–H and O–H groups in total. The molecule has 3 rings (SSSR count). The van der Waals surface area contributed by atoms with E-state index in [9.17, 15) is 0 Å². The van der Waals surface area contributed by atoms with Gasteiger partial charge in [-0.2, -0.15) is 9.97 Å². The molecule has 0 bridgehead atoms. The highest BCUT2D eigenvalue weighted by Crippen LogP contribution is 2.17. The summed E-state index contributed by atoms with van der Waals surface area (Å²) in [5.41, 5.74) is 0. The third kappa shape index (κ3) is 4.41. The predicted octanol–water partition coefficient (Wildman–Crippen LogP) is 1.53. The van der Waals surface area contributed by atoms with Gasteiger partial charge in [-0.15, -0.1) is 0 Å². The van der Waals surface area contributed by atoms with Gasteiger partial charge in [-0.25, -0.2) is 0 Å². The van der Waals surface area contributed by atoms with Crippen LogP contribution in [0, 0.1) is 12.8 Å². The Bertz CT molecular complexity index is 652. The van der Waals surface area contributed by atoms with Crippen LogP contribution in [0.4, 0.5) is 5.82 Å². The smallest absolute Gasteiger partial charge is 0.240 e. The molecule has 1 fully saturated rings. The minimum atomic E-state index is 0.465. The lowest BCUT2D eigenvalue weighted by Gasteiger charge is -2.34. The van der Waals surface area contributed by atoms with E-state index in [0.717, 1.165) is 32.0 Å². The molecule has 0 unspecified atom stereocenters. The van der Waals surface area contributed by atoms with Crippen LogP contribution in [0.2, 0.25) is 0 Å². The average molecular weight is 332 g/mol. The quantitative estimate of drug-likeness (QED) is 0.788. The van der Waals surface area contributed by atoms with Crippen LogP contribution in [0.3, 0.4) is 0 Å². The van der Waals surface area contributed by atoms with Gasteiger partial charge in [0.25, 0.3) is 0 Å². The zero-order valence-electron chi connectivity index (χ0n) is 14.5. The van der Waals surface area contributed by atoms with Crippen molar-refractivity contribution in [1.29, 1.82) is 0 Å². The normalized spacial score (nSPS) is 15.9. The molecule has 0 saturated carbocycles. The largest absolute Gasteiger partial charge is 0.476 e. The van der Waals surface area contributed by atoms with Gasteiger partial charge in [-0.05, 0) is 12.8 Å². The Hall–Kier alpha value is -2.22. The Morgan fingerprint density at radius 2 is 1.96 bits per heavy atom. The number of nitrogens with zero attached hydrogens (tertiary/aromatic N) is 6. The van der Waals surface area contributed by atoms with Crippen molar-refractivity contribution in [2.75, 3.05) is 37.7 Å². The van der Waals surface area contributed by atoms with Crippen LogP contribution in [0.25, 0.3) is 0 Å². The molecule has 8 nitrogen and oxygen atoms in total. The summed E-state index contributed by atoms with van der Waals surface area (Å²) in [6, 6.07) is 0. The van der Waals surface area contributed by atoms with E-state index >= 15 is 0 Å². The number of aryl methyl sites for hydroxylation is 1. The van der Waals surface area contributed by atoms with Crippen LogP contribution in [-0.4, -0.2) is 57.8 Å². The molecule has 0 aromatic carbocycles. The highest BCUT2D eigenvalue weighted by Gasteiger charge is 2.20. The molecule has 0 aliphatic carbocycles. The lowest BCUT2D eigenvalue weighted by molar-refractivity contribution is 0.214. The molecule has 8 heteroatoms. The van der Waals surface area contributed by atoms with Gasteiger partial charge >= 0.3 is 0 Å². The second-order valence-corrected chi connectivity index (χ2v) is 6.42. The van der Waals surface area contributed by atoms with Crippen LogP contribution in [0.5, 0.6) is 5.88 Å². The van der Waals surface area contributed by atoms with Gasteiger partial charge in [0, 0.05) is 26.2 Å². The first-order valence-corrected chi connectivity index (χ1v) is 8.31. The minimum absolute atomic E-state index is 0.465. The fourth-order valence-electron chi connectivity index (χ4n) is 2.54. The van der Waals surface area contributed by atoms with Crippen LogP contribution >= 0.6 is 0 Å². The van der Waals surface area contributed by atoms with E-state index < -0.39 is 0 Å². The SMILES string of the molecule is Cc1noc(CN2CCN(c3cncc(OCC(C)C)n3)CC2)n1. The van der Waals surface area contributed by atoms with Gasteiger partial charge in [-0.1, -0.05) is 19.0 Å². The second-order valence-electron chi connectivity index (χ2n) is 6.42. The first-order chi connectivity index (χ1) is 11.6.